The number of nitrogens with one attached hydrogen (secondary N) is 1. The molecule has 0 aromatic heterocycles. The van der Waals surface area contributed by atoms with Gasteiger partial charge in [0.25, 0.3) is 0 Å². The third kappa shape index (κ3) is 6.87. The number of thioether (sulfide) groups is 1. The second kappa shape index (κ2) is 6.24. The first kappa shape index (κ1) is 12.8. The maximum absolute atomic E-state index is 11.1. The summed E-state index contributed by atoms with van der Waals surface area (Å²) >= 11 is 1.67. The van der Waals surface area contributed by atoms with Gasteiger partial charge >= 0.3 is 0 Å². The van der Waals surface area contributed by atoms with Gasteiger partial charge in [-0.05, 0) is 25.4 Å². The van der Waals surface area contributed by atoms with Crippen LogP contribution in [0.1, 0.15) is 13.3 Å². The molecule has 0 aromatic carbocycles. The average Bonchev–Trinajstić information content (AvgIpc) is 1.99. The van der Waals surface area contributed by atoms with Crippen LogP contribution in [0.15, 0.2) is 0 Å². The summed E-state index contributed by atoms with van der Waals surface area (Å²) in [5.41, 5.74) is 0. The summed E-state index contributed by atoms with van der Waals surface area (Å²) in [6.45, 7) is 1.80. The summed E-state index contributed by atoms with van der Waals surface area (Å²) in [4.78, 5) is 0. The molecular formula is C7H14N2O2S2. The summed E-state index contributed by atoms with van der Waals surface area (Å²) in [6.07, 6.45) is 2.75. The van der Waals surface area contributed by atoms with Crippen molar-refractivity contribution >= 4 is 21.8 Å². The summed E-state index contributed by atoms with van der Waals surface area (Å²) in [5, 5.41) is 8.22. The molecule has 1 unspecified atom stereocenters. The molecule has 1 atom stereocenters. The minimum Gasteiger partial charge on any atom is -0.212 e. The third-order valence-electron chi connectivity index (χ3n) is 1.39. The van der Waals surface area contributed by atoms with E-state index in [9.17, 15) is 8.42 Å². The summed E-state index contributed by atoms with van der Waals surface area (Å²) < 4.78 is 24.6. The van der Waals surface area contributed by atoms with Crippen molar-refractivity contribution in [2.75, 3.05) is 17.8 Å². The normalized spacial score (nSPS) is 13.6. The Morgan fingerprint density at radius 2 is 2.23 bits per heavy atom. The van der Waals surface area contributed by atoms with Gasteiger partial charge in [0.2, 0.25) is 10.0 Å². The van der Waals surface area contributed by atoms with E-state index in [1.165, 1.54) is 0 Å². The van der Waals surface area contributed by atoms with Crippen molar-refractivity contribution in [3.05, 3.63) is 0 Å². The lowest BCUT2D eigenvalue weighted by molar-refractivity contribution is 0.560. The first-order chi connectivity index (χ1) is 6.02. The Kier molecular flexibility index (Phi) is 6.12. The second-order valence-electron chi connectivity index (χ2n) is 2.72. The van der Waals surface area contributed by atoms with Gasteiger partial charge < -0.3 is 0 Å². The fourth-order valence-electron chi connectivity index (χ4n) is 0.787. The van der Waals surface area contributed by atoms with E-state index < -0.39 is 15.8 Å². The zero-order valence-electron chi connectivity index (χ0n) is 7.78. The van der Waals surface area contributed by atoms with Crippen molar-refractivity contribution in [1.82, 2.24) is 4.72 Å². The van der Waals surface area contributed by atoms with E-state index in [1.54, 1.807) is 24.8 Å². The molecule has 76 valence electrons. The fourth-order valence-corrected chi connectivity index (χ4v) is 2.36. The molecule has 0 saturated heterocycles. The van der Waals surface area contributed by atoms with E-state index in [0.29, 0.717) is 0 Å². The van der Waals surface area contributed by atoms with Crippen LogP contribution < -0.4 is 4.72 Å². The highest BCUT2D eigenvalue weighted by atomic mass is 32.2. The number of hydrogen-bond donors (Lipinski definition) is 1. The second-order valence-corrected chi connectivity index (χ2v) is 5.46. The van der Waals surface area contributed by atoms with Crippen LogP contribution >= 0.6 is 11.8 Å². The Bertz CT molecular complexity index is 269. The van der Waals surface area contributed by atoms with Crippen molar-refractivity contribution in [2.24, 2.45) is 0 Å². The van der Waals surface area contributed by atoms with Crippen LogP contribution in [0.3, 0.4) is 0 Å². The lowest BCUT2D eigenvalue weighted by Gasteiger charge is -2.11. The molecule has 0 fully saturated rings. The molecule has 0 aliphatic heterocycles. The van der Waals surface area contributed by atoms with Gasteiger partial charge in [0.1, 0.15) is 0 Å². The molecule has 0 aliphatic carbocycles. The quantitative estimate of drug-likeness (QED) is 0.713. The van der Waals surface area contributed by atoms with Crippen LogP contribution in [0.25, 0.3) is 0 Å². The summed E-state index contributed by atoms with van der Waals surface area (Å²) in [7, 11) is -3.38. The summed E-state index contributed by atoms with van der Waals surface area (Å²) in [5.74, 6) is 0.451. The van der Waals surface area contributed by atoms with Crippen LogP contribution in [-0.4, -0.2) is 32.2 Å². The van der Waals surface area contributed by atoms with E-state index in [0.717, 1.165) is 12.2 Å². The number of hydrogen-bond acceptors (Lipinski definition) is 4. The topological polar surface area (TPSA) is 70.0 Å². The van der Waals surface area contributed by atoms with E-state index in [4.69, 9.17) is 5.26 Å². The number of sulfonamides is 1. The smallest absolute Gasteiger partial charge is 0.212 e. The van der Waals surface area contributed by atoms with Gasteiger partial charge in [-0.2, -0.15) is 17.0 Å². The molecule has 0 amide bonds. The first-order valence-electron chi connectivity index (χ1n) is 3.87. The van der Waals surface area contributed by atoms with Gasteiger partial charge in [0.05, 0.1) is 6.07 Å². The zero-order valence-corrected chi connectivity index (χ0v) is 9.41. The molecule has 4 nitrogen and oxygen atoms in total. The predicted molar refractivity (Wildman–Crippen MR) is 55.0 cm³/mol. The molecule has 13 heavy (non-hydrogen) atoms. The standard InChI is InChI=1S/C7H14N2O2S2/c1-7(3-5-12-2)9-13(10,11)6-4-8/h7,9H,3,5-6H2,1-2H3. The Balaban J connectivity index is 3.91. The molecule has 0 spiro atoms. The lowest BCUT2D eigenvalue weighted by Crippen LogP contribution is -2.34. The Labute approximate surface area is 83.8 Å². The van der Waals surface area contributed by atoms with Gasteiger partial charge in [-0.15, -0.1) is 0 Å². The van der Waals surface area contributed by atoms with Gasteiger partial charge in [-0.1, -0.05) is 0 Å². The van der Waals surface area contributed by atoms with Gasteiger partial charge in [-0.3, -0.25) is 0 Å². The van der Waals surface area contributed by atoms with Crippen molar-refractivity contribution in [3.63, 3.8) is 0 Å². The van der Waals surface area contributed by atoms with Gasteiger partial charge in [-0.25, -0.2) is 13.1 Å². The van der Waals surface area contributed by atoms with Crippen LogP contribution in [-0.2, 0) is 10.0 Å². The maximum Gasteiger partial charge on any atom is 0.225 e. The minimum atomic E-state index is -3.38. The average molecular weight is 222 g/mol. The highest BCUT2D eigenvalue weighted by Gasteiger charge is 2.12. The molecular weight excluding hydrogens is 208 g/mol. The van der Waals surface area contributed by atoms with Crippen molar-refractivity contribution in [2.45, 2.75) is 19.4 Å². The van der Waals surface area contributed by atoms with E-state index in [-0.39, 0.29) is 6.04 Å². The van der Waals surface area contributed by atoms with E-state index >= 15 is 0 Å². The highest BCUT2D eigenvalue weighted by molar-refractivity contribution is 7.98. The number of nitrogens with zero attached hydrogens (tertiary/aromatic N) is 1. The van der Waals surface area contributed by atoms with Crippen LogP contribution in [0, 0.1) is 11.3 Å². The maximum atomic E-state index is 11.1. The first-order valence-corrected chi connectivity index (χ1v) is 6.92. The molecule has 0 saturated carbocycles. The number of nitriles is 1. The Hall–Kier alpha value is -0.250. The van der Waals surface area contributed by atoms with Crippen LogP contribution in [0.2, 0.25) is 0 Å². The van der Waals surface area contributed by atoms with Crippen LogP contribution in [0.4, 0.5) is 0 Å². The minimum absolute atomic E-state index is 0.0919. The van der Waals surface area contributed by atoms with Gasteiger partial charge in [0.15, 0.2) is 5.75 Å². The molecule has 0 bridgehead atoms. The molecule has 6 heteroatoms. The third-order valence-corrected chi connectivity index (χ3v) is 3.30. The molecule has 0 aliphatic rings. The van der Waals surface area contributed by atoms with E-state index in [2.05, 4.69) is 4.72 Å². The Morgan fingerprint density at radius 3 is 2.69 bits per heavy atom. The van der Waals surface area contributed by atoms with Crippen molar-refractivity contribution < 1.29 is 8.42 Å². The van der Waals surface area contributed by atoms with Crippen molar-refractivity contribution in [1.29, 1.82) is 5.26 Å². The van der Waals surface area contributed by atoms with E-state index in [1.807, 2.05) is 6.26 Å². The lowest BCUT2D eigenvalue weighted by atomic mass is 10.3. The summed E-state index contributed by atoms with van der Waals surface area (Å²) in [6, 6.07) is 1.52. The highest BCUT2D eigenvalue weighted by Crippen LogP contribution is 2.01. The SMILES string of the molecule is CSCCC(C)NS(=O)(=O)CC#N. The molecule has 1 N–H and O–H groups in total. The molecule has 0 radical (unpaired) electrons. The zero-order chi connectivity index (χ0) is 10.3. The largest absolute Gasteiger partial charge is 0.225 e. The van der Waals surface area contributed by atoms with Crippen molar-refractivity contribution in [3.8, 4) is 6.07 Å². The fraction of sp³-hybridized carbons (Fsp3) is 0.857. The number of rotatable bonds is 6. The molecule has 0 heterocycles. The predicted octanol–water partition coefficient (Wildman–Crippen LogP) is 0.571. The van der Waals surface area contributed by atoms with Crippen LogP contribution in [0.5, 0.6) is 0 Å². The monoisotopic (exact) mass is 222 g/mol. The van der Waals surface area contributed by atoms with Gasteiger partial charge in [0, 0.05) is 6.04 Å². The Morgan fingerprint density at radius 1 is 1.62 bits per heavy atom. The molecule has 0 rings (SSSR count). The molecule has 0 aromatic rings.